The molecule has 0 spiro atoms. The van der Waals surface area contributed by atoms with E-state index in [0.29, 0.717) is 22.8 Å². The predicted octanol–water partition coefficient (Wildman–Crippen LogP) is 3.82. The number of ether oxygens (including phenoxy) is 1. The van der Waals surface area contributed by atoms with E-state index in [1.165, 1.54) is 6.92 Å². The largest absolute Gasteiger partial charge is 0.497 e. The molecule has 2 aromatic carbocycles. The number of carbonyl (C=O) groups is 2. The van der Waals surface area contributed by atoms with Crippen LogP contribution in [0.1, 0.15) is 24.1 Å². The van der Waals surface area contributed by atoms with Gasteiger partial charge in [0.1, 0.15) is 11.7 Å². The third-order valence-electron chi connectivity index (χ3n) is 4.15. The molecule has 0 saturated heterocycles. The highest BCUT2D eigenvalue weighted by Gasteiger charge is 2.24. The molecular weight excluding hydrogens is 354 g/mol. The van der Waals surface area contributed by atoms with Crippen molar-refractivity contribution in [2.24, 2.45) is 0 Å². The Bertz CT molecular complexity index is 956. The molecule has 1 atom stereocenters. The van der Waals surface area contributed by atoms with Crippen LogP contribution < -0.4 is 15.4 Å². The van der Waals surface area contributed by atoms with Gasteiger partial charge in [-0.05, 0) is 48.0 Å². The quantitative estimate of drug-likeness (QED) is 0.686. The van der Waals surface area contributed by atoms with Crippen LogP contribution in [-0.4, -0.2) is 23.9 Å². The Kier molecular flexibility index (Phi) is 6.01. The van der Waals surface area contributed by atoms with Gasteiger partial charge < -0.3 is 15.4 Å². The van der Waals surface area contributed by atoms with Crippen molar-refractivity contribution in [3.63, 3.8) is 0 Å². The molecule has 6 heteroatoms. The van der Waals surface area contributed by atoms with Crippen LogP contribution in [0.25, 0.3) is 0 Å². The second-order valence-corrected chi connectivity index (χ2v) is 6.21. The van der Waals surface area contributed by atoms with Crippen molar-refractivity contribution in [1.29, 1.82) is 0 Å². The van der Waals surface area contributed by atoms with Crippen LogP contribution in [0.5, 0.6) is 5.75 Å². The van der Waals surface area contributed by atoms with Crippen molar-refractivity contribution in [3.8, 4) is 5.75 Å². The van der Waals surface area contributed by atoms with Crippen LogP contribution in [0.15, 0.2) is 72.9 Å². The molecule has 6 nitrogen and oxygen atoms in total. The molecule has 3 rings (SSSR count). The Hall–Kier alpha value is -3.67. The molecule has 0 bridgehead atoms. The molecule has 28 heavy (non-hydrogen) atoms. The molecule has 0 fully saturated rings. The lowest BCUT2D eigenvalue weighted by Gasteiger charge is -2.18. The zero-order valence-electron chi connectivity index (χ0n) is 15.7. The smallest absolute Gasteiger partial charge is 0.237 e. The lowest BCUT2D eigenvalue weighted by atomic mass is 9.94. The zero-order valence-corrected chi connectivity index (χ0v) is 15.7. The van der Waals surface area contributed by atoms with E-state index in [0.717, 1.165) is 5.56 Å². The Morgan fingerprint density at radius 1 is 0.929 bits per heavy atom. The van der Waals surface area contributed by atoms with Gasteiger partial charge in [-0.15, -0.1) is 0 Å². The Morgan fingerprint density at radius 3 is 2.25 bits per heavy atom. The monoisotopic (exact) mass is 375 g/mol. The van der Waals surface area contributed by atoms with Gasteiger partial charge in [-0.25, -0.2) is 0 Å². The number of hydrogen-bond donors (Lipinski definition) is 2. The normalized spacial score (nSPS) is 11.4. The van der Waals surface area contributed by atoms with Gasteiger partial charge in [-0.3, -0.25) is 14.6 Å². The van der Waals surface area contributed by atoms with Crippen molar-refractivity contribution in [3.05, 3.63) is 84.2 Å². The number of carbonyl (C=O) groups excluding carboxylic acids is 2. The number of methoxy groups -OCH3 is 1. The van der Waals surface area contributed by atoms with E-state index < -0.39 is 5.92 Å². The van der Waals surface area contributed by atoms with Crippen LogP contribution in [-0.2, 0) is 9.59 Å². The number of aromatic nitrogens is 1. The van der Waals surface area contributed by atoms with Crippen molar-refractivity contribution in [2.75, 3.05) is 17.7 Å². The predicted molar refractivity (Wildman–Crippen MR) is 108 cm³/mol. The minimum Gasteiger partial charge on any atom is -0.497 e. The van der Waals surface area contributed by atoms with Crippen LogP contribution in [0, 0.1) is 0 Å². The molecule has 0 aliphatic carbocycles. The van der Waals surface area contributed by atoms with E-state index in [-0.39, 0.29) is 11.8 Å². The first-order valence-corrected chi connectivity index (χ1v) is 8.80. The Balaban J connectivity index is 1.89. The lowest BCUT2D eigenvalue weighted by molar-refractivity contribution is -0.117. The van der Waals surface area contributed by atoms with Crippen molar-refractivity contribution in [1.82, 2.24) is 4.98 Å². The average Bonchev–Trinajstić information content (AvgIpc) is 2.69. The van der Waals surface area contributed by atoms with Gasteiger partial charge in [0.15, 0.2) is 0 Å². The first-order valence-electron chi connectivity index (χ1n) is 8.80. The molecule has 142 valence electrons. The highest BCUT2D eigenvalue weighted by Crippen LogP contribution is 2.27. The number of pyridine rings is 1. The number of amides is 2. The molecule has 0 saturated carbocycles. The summed E-state index contributed by atoms with van der Waals surface area (Å²) in [5.41, 5.74) is 2.65. The van der Waals surface area contributed by atoms with Gasteiger partial charge in [-0.2, -0.15) is 0 Å². The highest BCUT2D eigenvalue weighted by molar-refractivity contribution is 5.98. The number of hydrogen-bond acceptors (Lipinski definition) is 4. The van der Waals surface area contributed by atoms with Gasteiger partial charge in [0.2, 0.25) is 11.8 Å². The number of nitrogens with one attached hydrogen (secondary N) is 2. The fourth-order valence-electron chi connectivity index (χ4n) is 2.89. The fourth-order valence-corrected chi connectivity index (χ4v) is 2.89. The van der Waals surface area contributed by atoms with E-state index in [1.807, 2.05) is 42.5 Å². The standard InChI is InChI=1S/C22H21N3O3/c1-15(26)24-17-6-5-7-18(14-17)25-22(27)21(20-8-3-4-13-23-20)16-9-11-19(28-2)12-10-16/h3-14,21H,1-2H3,(H,24,26)(H,25,27). The minimum atomic E-state index is -0.587. The maximum Gasteiger partial charge on any atom is 0.237 e. The van der Waals surface area contributed by atoms with Crippen LogP contribution >= 0.6 is 0 Å². The van der Waals surface area contributed by atoms with Crippen molar-refractivity contribution in [2.45, 2.75) is 12.8 Å². The molecule has 0 radical (unpaired) electrons. The summed E-state index contributed by atoms with van der Waals surface area (Å²) in [6.07, 6.45) is 1.66. The lowest BCUT2D eigenvalue weighted by Crippen LogP contribution is -2.23. The van der Waals surface area contributed by atoms with Gasteiger partial charge in [0.05, 0.1) is 12.8 Å². The summed E-state index contributed by atoms with van der Waals surface area (Å²) in [4.78, 5) is 28.8. The van der Waals surface area contributed by atoms with Crippen LogP contribution in [0.4, 0.5) is 11.4 Å². The zero-order chi connectivity index (χ0) is 19.9. The fraction of sp³-hybridized carbons (Fsp3) is 0.136. The molecular formula is C22H21N3O3. The first kappa shape index (κ1) is 19.1. The molecule has 0 aliphatic rings. The number of nitrogens with zero attached hydrogens (tertiary/aromatic N) is 1. The molecule has 1 heterocycles. The molecule has 2 amide bonds. The van der Waals surface area contributed by atoms with E-state index in [2.05, 4.69) is 15.6 Å². The van der Waals surface area contributed by atoms with Crippen LogP contribution in [0.2, 0.25) is 0 Å². The third kappa shape index (κ3) is 4.73. The topological polar surface area (TPSA) is 80.3 Å². The molecule has 3 aromatic rings. The Morgan fingerprint density at radius 2 is 1.64 bits per heavy atom. The molecule has 0 aliphatic heterocycles. The molecule has 2 N–H and O–H groups in total. The SMILES string of the molecule is COc1ccc(C(C(=O)Nc2cccc(NC(C)=O)c2)c2ccccn2)cc1. The molecule has 1 unspecified atom stereocenters. The minimum absolute atomic E-state index is 0.173. The summed E-state index contributed by atoms with van der Waals surface area (Å²) < 4.78 is 5.20. The summed E-state index contributed by atoms with van der Waals surface area (Å²) in [6.45, 7) is 1.44. The number of anilines is 2. The first-order chi connectivity index (χ1) is 13.6. The molecule has 1 aromatic heterocycles. The third-order valence-corrected chi connectivity index (χ3v) is 4.15. The number of benzene rings is 2. The van der Waals surface area contributed by atoms with E-state index in [1.54, 1.807) is 37.6 Å². The second-order valence-electron chi connectivity index (χ2n) is 6.21. The van der Waals surface area contributed by atoms with Gasteiger partial charge in [0.25, 0.3) is 0 Å². The summed E-state index contributed by atoms with van der Waals surface area (Å²) in [5, 5.41) is 5.63. The average molecular weight is 375 g/mol. The summed E-state index contributed by atoms with van der Waals surface area (Å²) in [5.74, 6) is -0.264. The highest BCUT2D eigenvalue weighted by atomic mass is 16.5. The van der Waals surface area contributed by atoms with E-state index in [4.69, 9.17) is 4.74 Å². The van der Waals surface area contributed by atoms with Gasteiger partial charge >= 0.3 is 0 Å². The summed E-state index contributed by atoms with van der Waals surface area (Å²) >= 11 is 0. The van der Waals surface area contributed by atoms with Gasteiger partial charge in [0, 0.05) is 24.5 Å². The second kappa shape index (κ2) is 8.81. The maximum atomic E-state index is 13.1. The van der Waals surface area contributed by atoms with Crippen LogP contribution in [0.3, 0.4) is 0 Å². The van der Waals surface area contributed by atoms with Gasteiger partial charge in [-0.1, -0.05) is 24.3 Å². The van der Waals surface area contributed by atoms with Crippen molar-refractivity contribution >= 4 is 23.2 Å². The Labute approximate surface area is 163 Å². The number of rotatable bonds is 6. The van der Waals surface area contributed by atoms with E-state index >= 15 is 0 Å². The summed E-state index contributed by atoms with van der Waals surface area (Å²) in [6, 6.07) is 19.8. The van der Waals surface area contributed by atoms with Crippen molar-refractivity contribution < 1.29 is 14.3 Å². The summed E-state index contributed by atoms with van der Waals surface area (Å²) in [7, 11) is 1.60. The van der Waals surface area contributed by atoms with E-state index in [9.17, 15) is 9.59 Å². The maximum absolute atomic E-state index is 13.1.